The maximum absolute atomic E-state index is 12.8. The summed E-state index contributed by atoms with van der Waals surface area (Å²) >= 11 is 1.03. The lowest BCUT2D eigenvalue weighted by Gasteiger charge is -2.26. The number of hydrogen-bond acceptors (Lipinski definition) is 5. The van der Waals surface area contributed by atoms with E-state index in [2.05, 4.69) is 19.5 Å². The molecule has 0 spiro atoms. The van der Waals surface area contributed by atoms with Crippen molar-refractivity contribution >= 4 is 32.8 Å². The molecule has 1 aliphatic rings. The zero-order valence-corrected chi connectivity index (χ0v) is 13.9. The fraction of sp³-hybridized carbons (Fsp3) is 0.250. The molecule has 0 saturated heterocycles. The van der Waals surface area contributed by atoms with Gasteiger partial charge in [-0.25, -0.2) is 13.1 Å². The third-order valence-electron chi connectivity index (χ3n) is 4.21. The highest BCUT2D eigenvalue weighted by atomic mass is 32.2. The van der Waals surface area contributed by atoms with Gasteiger partial charge in [-0.05, 0) is 42.5 Å². The minimum absolute atomic E-state index is 0.188. The number of fused-ring (bicyclic) bond motifs is 2. The van der Waals surface area contributed by atoms with Gasteiger partial charge in [0.25, 0.3) is 0 Å². The van der Waals surface area contributed by atoms with Crippen LogP contribution in [0.15, 0.2) is 47.4 Å². The Morgan fingerprint density at radius 2 is 1.96 bits per heavy atom. The molecule has 1 aliphatic carbocycles. The fourth-order valence-corrected chi connectivity index (χ4v) is 5.14. The van der Waals surface area contributed by atoms with Crippen molar-refractivity contribution in [2.75, 3.05) is 0 Å². The Morgan fingerprint density at radius 3 is 2.87 bits per heavy atom. The Labute approximate surface area is 138 Å². The molecule has 0 bridgehead atoms. The first-order chi connectivity index (χ1) is 11.1. The van der Waals surface area contributed by atoms with E-state index in [1.807, 2.05) is 18.2 Å². The second-order valence-electron chi connectivity index (χ2n) is 5.65. The fourth-order valence-electron chi connectivity index (χ4n) is 3.13. The minimum atomic E-state index is -3.64. The van der Waals surface area contributed by atoms with Crippen molar-refractivity contribution in [1.82, 2.24) is 13.5 Å². The first kappa shape index (κ1) is 14.7. The van der Waals surface area contributed by atoms with Crippen LogP contribution in [-0.2, 0) is 16.4 Å². The van der Waals surface area contributed by atoms with Gasteiger partial charge in [0.2, 0.25) is 10.0 Å². The Morgan fingerprint density at radius 1 is 1.09 bits per heavy atom. The molecule has 7 heteroatoms. The minimum Gasteiger partial charge on any atom is -0.207 e. The Hall–Kier alpha value is -1.83. The number of sulfonamides is 1. The number of hydrogen-bond donors (Lipinski definition) is 1. The summed E-state index contributed by atoms with van der Waals surface area (Å²) in [6, 6.07) is 12.9. The first-order valence-electron chi connectivity index (χ1n) is 7.46. The molecule has 0 aliphatic heterocycles. The Bertz CT molecular complexity index is 966. The van der Waals surface area contributed by atoms with Gasteiger partial charge in [-0.3, -0.25) is 0 Å². The van der Waals surface area contributed by atoms with E-state index >= 15 is 0 Å². The van der Waals surface area contributed by atoms with Crippen LogP contribution in [0.3, 0.4) is 0 Å². The van der Waals surface area contributed by atoms with Crippen molar-refractivity contribution in [1.29, 1.82) is 0 Å². The third-order valence-corrected chi connectivity index (χ3v) is 6.25. The molecule has 23 heavy (non-hydrogen) atoms. The third kappa shape index (κ3) is 2.65. The number of benzene rings is 2. The van der Waals surface area contributed by atoms with Crippen molar-refractivity contribution in [2.24, 2.45) is 0 Å². The normalized spacial score (nSPS) is 18.0. The van der Waals surface area contributed by atoms with E-state index in [1.165, 1.54) is 5.56 Å². The zero-order valence-electron chi connectivity index (χ0n) is 12.3. The van der Waals surface area contributed by atoms with Crippen LogP contribution in [0, 0.1) is 0 Å². The summed E-state index contributed by atoms with van der Waals surface area (Å²) in [6.45, 7) is 0. The van der Waals surface area contributed by atoms with Crippen LogP contribution in [0.5, 0.6) is 0 Å². The van der Waals surface area contributed by atoms with Crippen LogP contribution in [-0.4, -0.2) is 17.2 Å². The van der Waals surface area contributed by atoms with E-state index in [-0.39, 0.29) is 10.9 Å². The predicted octanol–water partition coefficient (Wildman–Crippen LogP) is 3.05. The molecule has 0 fully saturated rings. The van der Waals surface area contributed by atoms with Crippen molar-refractivity contribution in [3.05, 3.63) is 53.6 Å². The second kappa shape index (κ2) is 5.67. The van der Waals surface area contributed by atoms with Gasteiger partial charge in [0.05, 0.1) is 11.7 Å². The summed E-state index contributed by atoms with van der Waals surface area (Å²) < 4.78 is 36.8. The summed E-state index contributed by atoms with van der Waals surface area (Å²) in [4.78, 5) is 0.201. The molecule has 0 unspecified atom stereocenters. The molecule has 3 aromatic rings. The Balaban J connectivity index is 1.73. The Kier molecular flexibility index (Phi) is 3.63. The van der Waals surface area contributed by atoms with E-state index < -0.39 is 10.0 Å². The van der Waals surface area contributed by atoms with Gasteiger partial charge in [-0.1, -0.05) is 30.3 Å². The summed E-state index contributed by atoms with van der Waals surface area (Å²) in [5.41, 5.74) is 3.35. The van der Waals surface area contributed by atoms with Gasteiger partial charge in [0, 0.05) is 6.04 Å². The van der Waals surface area contributed by atoms with Crippen LogP contribution in [0.1, 0.15) is 30.0 Å². The van der Waals surface area contributed by atoms with E-state index in [1.54, 1.807) is 18.2 Å². The second-order valence-corrected chi connectivity index (χ2v) is 7.86. The number of nitrogens with zero attached hydrogens (tertiary/aromatic N) is 2. The molecule has 5 nitrogen and oxygen atoms in total. The summed E-state index contributed by atoms with van der Waals surface area (Å²) in [5.74, 6) is 0. The molecule has 4 rings (SSSR count). The van der Waals surface area contributed by atoms with Crippen molar-refractivity contribution < 1.29 is 8.42 Å². The molecule has 0 amide bonds. The maximum Gasteiger partial charge on any atom is 0.243 e. The van der Waals surface area contributed by atoms with Crippen LogP contribution in [0.4, 0.5) is 0 Å². The topological polar surface area (TPSA) is 72.0 Å². The zero-order chi connectivity index (χ0) is 15.9. The van der Waals surface area contributed by atoms with Crippen molar-refractivity contribution in [3.63, 3.8) is 0 Å². The number of rotatable bonds is 3. The van der Waals surface area contributed by atoms with E-state index in [9.17, 15) is 8.42 Å². The summed E-state index contributed by atoms with van der Waals surface area (Å²) in [6.07, 6.45) is 2.79. The molecule has 2 aromatic carbocycles. The van der Waals surface area contributed by atoms with Crippen LogP contribution < -0.4 is 4.72 Å². The van der Waals surface area contributed by atoms with Gasteiger partial charge in [0.15, 0.2) is 0 Å². The highest BCUT2D eigenvalue weighted by molar-refractivity contribution is 7.89. The highest BCUT2D eigenvalue weighted by Crippen LogP contribution is 2.31. The first-order valence-corrected chi connectivity index (χ1v) is 9.68. The lowest BCUT2D eigenvalue weighted by molar-refractivity contribution is 0.508. The molecule has 1 N–H and O–H groups in total. The molecule has 0 saturated carbocycles. The SMILES string of the molecule is O=S(=O)(N[C@H]1CCCc2ccccc21)c1cccc2nsnc12. The number of aromatic nitrogens is 2. The lowest BCUT2D eigenvalue weighted by atomic mass is 9.88. The molecule has 0 radical (unpaired) electrons. The van der Waals surface area contributed by atoms with Gasteiger partial charge >= 0.3 is 0 Å². The van der Waals surface area contributed by atoms with Crippen molar-refractivity contribution in [2.45, 2.75) is 30.2 Å². The van der Waals surface area contributed by atoms with Gasteiger partial charge in [0.1, 0.15) is 15.9 Å². The van der Waals surface area contributed by atoms with E-state index in [4.69, 9.17) is 0 Å². The lowest BCUT2D eigenvalue weighted by Crippen LogP contribution is -2.31. The summed E-state index contributed by atoms with van der Waals surface area (Å²) in [7, 11) is -3.64. The average Bonchev–Trinajstić information content (AvgIpc) is 3.03. The van der Waals surface area contributed by atoms with Crippen LogP contribution >= 0.6 is 11.7 Å². The molecule has 1 heterocycles. The maximum atomic E-state index is 12.8. The average molecular weight is 345 g/mol. The number of aryl methyl sites for hydroxylation is 1. The molecule has 118 valence electrons. The molecular formula is C16H15N3O2S2. The standard InChI is InChI=1S/C16H15N3O2S2/c20-23(21,15-10-4-9-14-16(15)18-22-17-14)19-13-8-3-6-11-5-1-2-7-12(11)13/h1-2,4-5,7,9-10,13,19H,3,6,8H2/t13-/m0/s1. The molecule has 1 aromatic heterocycles. The van der Waals surface area contributed by atoms with Gasteiger partial charge in [-0.15, -0.1) is 0 Å². The monoisotopic (exact) mass is 345 g/mol. The van der Waals surface area contributed by atoms with E-state index in [0.717, 1.165) is 36.6 Å². The highest BCUT2D eigenvalue weighted by Gasteiger charge is 2.27. The number of nitrogens with one attached hydrogen (secondary N) is 1. The van der Waals surface area contributed by atoms with Crippen molar-refractivity contribution in [3.8, 4) is 0 Å². The van der Waals surface area contributed by atoms with Crippen LogP contribution in [0.2, 0.25) is 0 Å². The predicted molar refractivity (Wildman–Crippen MR) is 89.9 cm³/mol. The van der Waals surface area contributed by atoms with Gasteiger partial charge in [-0.2, -0.15) is 8.75 Å². The summed E-state index contributed by atoms with van der Waals surface area (Å²) in [5, 5.41) is 0. The molecular weight excluding hydrogens is 330 g/mol. The smallest absolute Gasteiger partial charge is 0.207 e. The largest absolute Gasteiger partial charge is 0.243 e. The quantitative estimate of drug-likeness (QED) is 0.792. The van der Waals surface area contributed by atoms with E-state index in [0.29, 0.717) is 11.0 Å². The van der Waals surface area contributed by atoms with Gasteiger partial charge < -0.3 is 0 Å². The molecule has 1 atom stereocenters. The van der Waals surface area contributed by atoms with Crippen LogP contribution in [0.25, 0.3) is 11.0 Å².